The van der Waals surface area contributed by atoms with E-state index in [0.717, 1.165) is 24.5 Å². The number of rotatable bonds is 4. The molecule has 2 heterocycles. The Kier molecular flexibility index (Phi) is 4.61. The molecule has 0 unspecified atom stereocenters. The molecule has 0 atom stereocenters. The monoisotopic (exact) mass is 334 g/mol. The molecule has 23 heavy (non-hydrogen) atoms. The highest BCUT2D eigenvalue weighted by atomic mass is 32.2. The minimum absolute atomic E-state index is 0.204. The number of morpholine rings is 1. The van der Waals surface area contributed by atoms with E-state index < -0.39 is 10.0 Å². The van der Waals surface area contributed by atoms with Crippen LogP contribution in [0.1, 0.15) is 5.56 Å². The first-order chi connectivity index (χ1) is 11.0. The van der Waals surface area contributed by atoms with E-state index in [2.05, 4.69) is 9.88 Å². The number of benzene rings is 1. The molecule has 122 valence electrons. The Morgan fingerprint density at radius 1 is 1.09 bits per heavy atom. The summed E-state index contributed by atoms with van der Waals surface area (Å²) < 4.78 is 31.5. The summed E-state index contributed by atoms with van der Waals surface area (Å²) in [6, 6.07) is 10.7. The van der Waals surface area contributed by atoms with Crippen molar-refractivity contribution in [2.75, 3.05) is 31.2 Å². The third-order valence-corrected chi connectivity index (χ3v) is 5.23. The number of sulfonamides is 1. The maximum Gasteiger partial charge on any atom is 0.330 e. The van der Waals surface area contributed by atoms with Gasteiger partial charge in [-0.05, 0) is 19.1 Å². The minimum Gasteiger partial charge on any atom is -0.378 e. The number of quaternary nitrogens is 1. The van der Waals surface area contributed by atoms with Gasteiger partial charge in [0.15, 0.2) is 0 Å². The first-order valence-corrected chi connectivity index (χ1v) is 9.04. The maximum atomic E-state index is 12.4. The summed E-state index contributed by atoms with van der Waals surface area (Å²) >= 11 is 0. The van der Waals surface area contributed by atoms with Gasteiger partial charge in [0, 0.05) is 25.2 Å². The number of primary sulfonamides is 1. The minimum atomic E-state index is -3.50. The van der Waals surface area contributed by atoms with E-state index in [4.69, 9.17) is 4.74 Å². The molecule has 0 radical (unpaired) electrons. The van der Waals surface area contributed by atoms with Crippen molar-refractivity contribution in [2.45, 2.75) is 11.8 Å². The Labute approximate surface area is 136 Å². The lowest BCUT2D eigenvalue weighted by molar-refractivity contribution is -0.397. The van der Waals surface area contributed by atoms with E-state index in [1.54, 1.807) is 24.3 Å². The summed E-state index contributed by atoms with van der Waals surface area (Å²) in [5.41, 5.74) is 1.75. The molecule has 2 aromatic rings. The smallest absolute Gasteiger partial charge is 0.330 e. The highest BCUT2D eigenvalue weighted by Crippen LogP contribution is 2.15. The quantitative estimate of drug-likeness (QED) is 0.838. The molecule has 0 bridgehead atoms. The zero-order valence-corrected chi connectivity index (χ0v) is 13.8. The van der Waals surface area contributed by atoms with Crippen LogP contribution in [0, 0.1) is 6.92 Å². The van der Waals surface area contributed by atoms with Gasteiger partial charge in [0.1, 0.15) is 16.4 Å². The topological polar surface area (TPSA) is 76.1 Å². The molecule has 2 N–H and O–H groups in total. The van der Waals surface area contributed by atoms with Gasteiger partial charge in [-0.15, -0.1) is 0 Å². The summed E-state index contributed by atoms with van der Waals surface area (Å²) in [5, 5.41) is 0. The number of ether oxygens (including phenoxy) is 1. The normalized spacial score (nSPS) is 15.6. The average molecular weight is 334 g/mol. The summed E-state index contributed by atoms with van der Waals surface area (Å²) in [4.78, 5) is 6.59. The van der Waals surface area contributed by atoms with E-state index in [-0.39, 0.29) is 4.90 Å². The Balaban J connectivity index is 1.75. The van der Waals surface area contributed by atoms with E-state index in [9.17, 15) is 8.42 Å². The molecule has 6 nitrogen and oxygen atoms in total. The van der Waals surface area contributed by atoms with E-state index in [1.807, 2.05) is 19.1 Å². The van der Waals surface area contributed by atoms with Crippen molar-refractivity contribution in [3.63, 3.8) is 0 Å². The van der Waals surface area contributed by atoms with Crippen LogP contribution in [0.3, 0.4) is 0 Å². The highest BCUT2D eigenvalue weighted by molar-refractivity contribution is 7.85. The molecule has 1 saturated heterocycles. The van der Waals surface area contributed by atoms with E-state index in [1.165, 1.54) is 10.9 Å². The molecular weight excluding hydrogens is 314 g/mol. The Morgan fingerprint density at radius 3 is 2.39 bits per heavy atom. The van der Waals surface area contributed by atoms with Gasteiger partial charge in [-0.2, -0.15) is 8.42 Å². The van der Waals surface area contributed by atoms with Crippen molar-refractivity contribution in [2.24, 2.45) is 0 Å². The van der Waals surface area contributed by atoms with Crippen LogP contribution in [-0.4, -0.2) is 39.7 Å². The second-order valence-corrected chi connectivity index (χ2v) is 7.32. The third kappa shape index (κ3) is 3.87. The van der Waals surface area contributed by atoms with E-state index >= 15 is 0 Å². The Hall–Kier alpha value is -1.96. The van der Waals surface area contributed by atoms with Crippen molar-refractivity contribution in [1.82, 2.24) is 4.98 Å². The molecule has 1 aliphatic heterocycles. The van der Waals surface area contributed by atoms with Crippen molar-refractivity contribution in [3.05, 3.63) is 48.2 Å². The van der Waals surface area contributed by atoms with Gasteiger partial charge in [-0.25, -0.2) is 9.71 Å². The maximum absolute atomic E-state index is 12.4. The van der Waals surface area contributed by atoms with Gasteiger partial charge in [0.05, 0.1) is 19.4 Å². The zero-order chi connectivity index (χ0) is 16.3. The van der Waals surface area contributed by atoms with Crippen molar-refractivity contribution >= 4 is 21.5 Å². The van der Waals surface area contributed by atoms with Crippen LogP contribution in [0.4, 0.5) is 11.5 Å². The average Bonchev–Trinajstić information content (AvgIpc) is 2.58. The van der Waals surface area contributed by atoms with Crippen molar-refractivity contribution < 1.29 is 17.9 Å². The second-order valence-electron chi connectivity index (χ2n) is 5.53. The zero-order valence-electron chi connectivity index (χ0n) is 13.0. The van der Waals surface area contributed by atoms with Gasteiger partial charge in [0.2, 0.25) is 0 Å². The number of hydrogen-bond donors (Lipinski definition) is 1. The molecule has 1 fully saturated rings. The first kappa shape index (κ1) is 15.9. The lowest BCUT2D eigenvalue weighted by Crippen LogP contribution is -2.81. The Morgan fingerprint density at radius 2 is 1.78 bits per heavy atom. The highest BCUT2D eigenvalue weighted by Gasteiger charge is 2.20. The lowest BCUT2D eigenvalue weighted by atomic mass is 10.2. The molecular formula is C16H20N3O3S+. The molecule has 7 heteroatoms. The van der Waals surface area contributed by atoms with Crippen LogP contribution < -0.4 is 9.62 Å². The molecule has 3 rings (SSSR count). The van der Waals surface area contributed by atoms with Crippen LogP contribution in [0.25, 0.3) is 0 Å². The molecule has 0 saturated carbocycles. The van der Waals surface area contributed by atoms with Crippen LogP contribution in [0.2, 0.25) is 0 Å². The SMILES string of the molecule is Cc1ccc([NH2+]S(=O)(=O)c2ccc(N3CCOCC3)nc2)cc1. The van der Waals surface area contributed by atoms with Crippen LogP contribution in [-0.2, 0) is 14.8 Å². The summed E-state index contributed by atoms with van der Waals surface area (Å²) in [6.45, 7) is 4.85. The third-order valence-electron chi connectivity index (χ3n) is 3.75. The number of nitrogens with two attached hydrogens (primary N) is 1. The van der Waals surface area contributed by atoms with Crippen LogP contribution >= 0.6 is 0 Å². The fourth-order valence-electron chi connectivity index (χ4n) is 2.41. The summed E-state index contributed by atoms with van der Waals surface area (Å²) in [6.07, 6.45) is 1.42. The van der Waals surface area contributed by atoms with Gasteiger partial charge in [-0.1, -0.05) is 17.7 Å². The lowest BCUT2D eigenvalue weighted by Gasteiger charge is -2.27. The van der Waals surface area contributed by atoms with Crippen LogP contribution in [0.15, 0.2) is 47.5 Å². The van der Waals surface area contributed by atoms with Gasteiger partial charge >= 0.3 is 10.0 Å². The standard InChI is InChI=1S/C16H19N3O3S/c1-13-2-4-14(5-3-13)18-23(20,21)15-6-7-16(17-12-15)19-8-10-22-11-9-19/h2-7,12,18H,8-11H2,1H3/p+1. The van der Waals surface area contributed by atoms with Gasteiger partial charge < -0.3 is 9.64 Å². The number of hydrogen-bond acceptors (Lipinski definition) is 5. The largest absolute Gasteiger partial charge is 0.378 e. The second kappa shape index (κ2) is 6.66. The number of aryl methyl sites for hydroxylation is 1. The summed E-state index contributed by atoms with van der Waals surface area (Å²) in [7, 11) is -3.50. The molecule has 1 aliphatic rings. The molecule has 0 aliphatic carbocycles. The fraction of sp³-hybridized carbons (Fsp3) is 0.312. The van der Waals surface area contributed by atoms with Crippen molar-refractivity contribution in [3.8, 4) is 0 Å². The van der Waals surface area contributed by atoms with Gasteiger partial charge in [0.25, 0.3) is 0 Å². The number of anilines is 1. The molecule has 0 spiro atoms. The Bertz CT molecular complexity index is 752. The molecule has 0 amide bonds. The number of aromatic nitrogens is 1. The van der Waals surface area contributed by atoms with Crippen LogP contribution in [0.5, 0.6) is 0 Å². The summed E-state index contributed by atoms with van der Waals surface area (Å²) in [5.74, 6) is 0.780. The molecule has 1 aromatic heterocycles. The van der Waals surface area contributed by atoms with Crippen molar-refractivity contribution in [1.29, 1.82) is 0 Å². The predicted octanol–water partition coefficient (Wildman–Crippen LogP) is 0.810. The first-order valence-electron chi connectivity index (χ1n) is 7.50. The van der Waals surface area contributed by atoms with Gasteiger partial charge in [-0.3, -0.25) is 0 Å². The van der Waals surface area contributed by atoms with E-state index in [0.29, 0.717) is 18.9 Å². The predicted molar refractivity (Wildman–Crippen MR) is 87.2 cm³/mol. The number of nitrogens with zero attached hydrogens (tertiary/aromatic N) is 2. The number of pyridine rings is 1. The molecule has 1 aromatic carbocycles. The fourth-order valence-corrected chi connectivity index (χ4v) is 3.52.